The minimum absolute atomic E-state index is 0.160. The lowest BCUT2D eigenvalue weighted by atomic mass is 10.2. The zero-order valence-electron chi connectivity index (χ0n) is 15.7. The average Bonchev–Trinajstić information content (AvgIpc) is 2.98. The van der Waals surface area contributed by atoms with Gasteiger partial charge in [-0.25, -0.2) is 8.42 Å². The van der Waals surface area contributed by atoms with Gasteiger partial charge >= 0.3 is 0 Å². The zero-order valence-corrected chi connectivity index (χ0v) is 17.3. The van der Waals surface area contributed by atoms with E-state index in [1.54, 1.807) is 35.2 Å². The number of amides is 1. The maximum absolute atomic E-state index is 13.1. The summed E-state index contributed by atoms with van der Waals surface area (Å²) in [4.78, 5) is 14.5. The summed E-state index contributed by atoms with van der Waals surface area (Å²) in [5, 5.41) is 0.389. The van der Waals surface area contributed by atoms with Gasteiger partial charge in [-0.2, -0.15) is 4.31 Å². The fourth-order valence-electron chi connectivity index (χ4n) is 3.39. The van der Waals surface area contributed by atoms with E-state index in [9.17, 15) is 13.2 Å². The van der Waals surface area contributed by atoms with Crippen molar-refractivity contribution in [2.45, 2.75) is 11.3 Å². The molecule has 0 aliphatic carbocycles. The lowest BCUT2D eigenvalue weighted by Gasteiger charge is -2.34. The van der Waals surface area contributed by atoms with Gasteiger partial charge in [-0.05, 0) is 24.3 Å². The highest BCUT2D eigenvalue weighted by Crippen LogP contribution is 2.33. The first kappa shape index (κ1) is 20.0. The van der Waals surface area contributed by atoms with Crippen molar-refractivity contribution in [2.24, 2.45) is 0 Å². The Kier molecular flexibility index (Phi) is 5.67. The van der Waals surface area contributed by atoms with Crippen LogP contribution >= 0.6 is 11.6 Å². The molecular formula is C20H21ClN2O5S. The first-order valence-corrected chi connectivity index (χ1v) is 11.2. The highest BCUT2D eigenvalue weighted by molar-refractivity contribution is 7.89. The highest BCUT2D eigenvalue weighted by Gasteiger charge is 2.31. The van der Waals surface area contributed by atoms with Crippen molar-refractivity contribution in [2.75, 3.05) is 39.4 Å². The number of piperazine rings is 1. The Bertz CT molecular complexity index is 1020. The zero-order chi connectivity index (χ0) is 20.4. The smallest absolute Gasteiger partial charge is 0.255 e. The number of carbonyl (C=O) groups excluding carboxylic acids is 1. The van der Waals surface area contributed by atoms with Crippen LogP contribution in [0.2, 0.25) is 5.02 Å². The van der Waals surface area contributed by atoms with E-state index >= 15 is 0 Å². The summed E-state index contributed by atoms with van der Waals surface area (Å²) in [5.41, 5.74) is 0.424. The van der Waals surface area contributed by atoms with Gasteiger partial charge < -0.3 is 14.4 Å². The molecule has 2 aliphatic rings. The molecule has 1 amide bonds. The first-order valence-electron chi connectivity index (χ1n) is 9.40. The molecule has 4 rings (SSSR count). The van der Waals surface area contributed by atoms with Gasteiger partial charge in [0.15, 0.2) is 11.5 Å². The summed E-state index contributed by atoms with van der Waals surface area (Å²) in [6.07, 6.45) is 0.748. The van der Waals surface area contributed by atoms with Crippen molar-refractivity contribution in [1.29, 1.82) is 0 Å². The fourth-order valence-corrected chi connectivity index (χ4v) is 5.04. The monoisotopic (exact) mass is 436 g/mol. The maximum Gasteiger partial charge on any atom is 0.255 e. The molecule has 0 saturated carbocycles. The van der Waals surface area contributed by atoms with Gasteiger partial charge in [0, 0.05) is 38.7 Å². The third kappa shape index (κ3) is 4.05. The molecule has 2 heterocycles. The summed E-state index contributed by atoms with van der Waals surface area (Å²) in [7, 11) is -3.70. The van der Waals surface area contributed by atoms with Crippen LogP contribution in [-0.4, -0.2) is 62.9 Å². The van der Waals surface area contributed by atoms with Gasteiger partial charge in [-0.15, -0.1) is 0 Å². The van der Waals surface area contributed by atoms with Gasteiger partial charge in [0.1, 0.15) is 0 Å². The highest BCUT2D eigenvalue weighted by atomic mass is 35.5. The number of carbonyl (C=O) groups is 1. The van der Waals surface area contributed by atoms with E-state index in [1.165, 1.54) is 16.4 Å². The fraction of sp³-hybridized carbons (Fsp3) is 0.350. The van der Waals surface area contributed by atoms with Crippen LogP contribution in [0.5, 0.6) is 11.5 Å². The molecule has 7 nitrogen and oxygen atoms in total. The number of hydrogen-bond acceptors (Lipinski definition) is 5. The van der Waals surface area contributed by atoms with Gasteiger partial charge in [0.05, 0.1) is 28.7 Å². The van der Waals surface area contributed by atoms with Gasteiger partial charge in [-0.3, -0.25) is 4.79 Å². The standard InChI is InChI=1S/C20H21ClN2O5S/c21-17-5-2-1-4-16(17)20(24)22-8-10-23(11-9-22)29(25,26)15-6-7-18-19(14-15)28-13-3-12-27-18/h1-2,4-7,14H,3,8-13H2. The second kappa shape index (κ2) is 8.22. The Morgan fingerprint density at radius 3 is 2.34 bits per heavy atom. The van der Waals surface area contributed by atoms with Crippen molar-refractivity contribution in [3.63, 3.8) is 0 Å². The molecule has 2 aromatic carbocycles. The number of halogens is 1. The molecule has 0 N–H and O–H groups in total. The number of benzene rings is 2. The molecule has 0 spiro atoms. The van der Waals surface area contributed by atoms with Crippen LogP contribution in [0.4, 0.5) is 0 Å². The summed E-state index contributed by atoms with van der Waals surface area (Å²) >= 11 is 6.11. The third-order valence-electron chi connectivity index (χ3n) is 4.99. The van der Waals surface area contributed by atoms with E-state index in [1.807, 2.05) is 0 Å². The second-order valence-corrected chi connectivity index (χ2v) is 9.18. The Morgan fingerprint density at radius 2 is 1.62 bits per heavy atom. The van der Waals surface area contributed by atoms with Gasteiger partial charge in [0.25, 0.3) is 5.91 Å². The predicted molar refractivity (Wildman–Crippen MR) is 108 cm³/mol. The summed E-state index contributed by atoms with van der Waals surface area (Å²) in [6, 6.07) is 11.5. The largest absolute Gasteiger partial charge is 0.490 e. The molecule has 0 atom stereocenters. The quantitative estimate of drug-likeness (QED) is 0.739. The van der Waals surface area contributed by atoms with Crippen LogP contribution in [0, 0.1) is 0 Å². The van der Waals surface area contributed by atoms with Gasteiger partial charge in [-0.1, -0.05) is 23.7 Å². The topological polar surface area (TPSA) is 76.2 Å². The van der Waals surface area contributed by atoms with E-state index in [2.05, 4.69) is 0 Å². The molecule has 2 aromatic rings. The molecule has 1 fully saturated rings. The van der Waals surface area contributed by atoms with E-state index in [0.29, 0.717) is 48.4 Å². The van der Waals surface area contributed by atoms with Crippen molar-refractivity contribution in [3.05, 3.63) is 53.1 Å². The van der Waals surface area contributed by atoms with Crippen molar-refractivity contribution < 1.29 is 22.7 Å². The second-order valence-electron chi connectivity index (χ2n) is 6.84. The van der Waals surface area contributed by atoms with Crippen molar-refractivity contribution in [3.8, 4) is 11.5 Å². The van der Waals surface area contributed by atoms with Crippen LogP contribution in [0.3, 0.4) is 0 Å². The lowest BCUT2D eigenvalue weighted by Crippen LogP contribution is -2.50. The number of ether oxygens (including phenoxy) is 2. The summed E-state index contributed by atoms with van der Waals surface area (Å²) < 4.78 is 38.7. The van der Waals surface area contributed by atoms with Gasteiger partial charge in [0.2, 0.25) is 10.0 Å². The molecule has 9 heteroatoms. The van der Waals surface area contributed by atoms with Crippen LogP contribution in [0.15, 0.2) is 47.4 Å². The molecule has 0 radical (unpaired) electrons. The Balaban J connectivity index is 1.47. The van der Waals surface area contributed by atoms with Crippen molar-refractivity contribution >= 4 is 27.5 Å². The predicted octanol–water partition coefficient (Wildman–Crippen LogP) is 2.65. The van der Waals surface area contributed by atoms with E-state index in [0.717, 1.165) is 6.42 Å². The van der Waals surface area contributed by atoms with Crippen LogP contribution in [-0.2, 0) is 10.0 Å². The first-order chi connectivity index (χ1) is 14.0. The lowest BCUT2D eigenvalue weighted by molar-refractivity contribution is 0.0698. The minimum Gasteiger partial charge on any atom is -0.490 e. The number of rotatable bonds is 3. The van der Waals surface area contributed by atoms with E-state index in [4.69, 9.17) is 21.1 Å². The Hall–Kier alpha value is -2.29. The Morgan fingerprint density at radius 1 is 0.931 bits per heavy atom. The molecular weight excluding hydrogens is 416 g/mol. The molecule has 0 unspecified atom stereocenters. The Labute approximate surface area is 174 Å². The SMILES string of the molecule is O=C(c1ccccc1Cl)N1CCN(S(=O)(=O)c2ccc3c(c2)OCCCO3)CC1. The number of nitrogens with zero attached hydrogens (tertiary/aromatic N) is 2. The van der Waals surface area contributed by atoms with E-state index in [-0.39, 0.29) is 23.9 Å². The minimum atomic E-state index is -3.70. The summed E-state index contributed by atoms with van der Waals surface area (Å²) in [6.45, 7) is 2.06. The molecule has 0 aromatic heterocycles. The molecule has 29 heavy (non-hydrogen) atoms. The van der Waals surface area contributed by atoms with Crippen LogP contribution in [0.25, 0.3) is 0 Å². The van der Waals surface area contributed by atoms with E-state index < -0.39 is 10.0 Å². The average molecular weight is 437 g/mol. The normalized spacial score (nSPS) is 17.6. The molecule has 0 bridgehead atoms. The number of hydrogen-bond donors (Lipinski definition) is 0. The van der Waals surface area contributed by atoms with Crippen LogP contribution < -0.4 is 9.47 Å². The molecule has 2 aliphatic heterocycles. The molecule has 1 saturated heterocycles. The summed E-state index contributed by atoms with van der Waals surface area (Å²) in [5.74, 6) is 0.802. The number of sulfonamides is 1. The van der Waals surface area contributed by atoms with Crippen molar-refractivity contribution in [1.82, 2.24) is 9.21 Å². The maximum atomic E-state index is 13.1. The third-order valence-corrected chi connectivity index (χ3v) is 7.21. The number of fused-ring (bicyclic) bond motifs is 1. The van der Waals surface area contributed by atoms with Crippen LogP contribution in [0.1, 0.15) is 16.8 Å². The molecule has 154 valence electrons.